The number of benzene rings is 2. The minimum atomic E-state index is -0.109. The van der Waals surface area contributed by atoms with E-state index in [2.05, 4.69) is 60.2 Å². The number of rotatable bonds is 6. The van der Waals surface area contributed by atoms with Crippen molar-refractivity contribution in [2.45, 2.75) is 25.3 Å². The van der Waals surface area contributed by atoms with E-state index < -0.39 is 0 Å². The van der Waals surface area contributed by atoms with Crippen molar-refractivity contribution in [2.75, 3.05) is 39.2 Å². The summed E-state index contributed by atoms with van der Waals surface area (Å²) in [6, 6.07) is 16.7. The quantitative estimate of drug-likeness (QED) is 0.526. The van der Waals surface area contributed by atoms with Gasteiger partial charge in [0.1, 0.15) is 5.75 Å². The Morgan fingerprint density at radius 1 is 1.03 bits per heavy atom. The summed E-state index contributed by atoms with van der Waals surface area (Å²) >= 11 is 0. The highest BCUT2D eigenvalue weighted by Gasteiger charge is 2.42. The van der Waals surface area contributed by atoms with Crippen molar-refractivity contribution in [1.82, 2.24) is 9.47 Å². The second-order valence-electron chi connectivity index (χ2n) is 8.49. The van der Waals surface area contributed by atoms with Crippen molar-refractivity contribution >= 4 is 20.0 Å². The molecule has 0 aliphatic carbocycles. The van der Waals surface area contributed by atoms with Gasteiger partial charge >= 0.3 is 0 Å². The van der Waals surface area contributed by atoms with Crippen molar-refractivity contribution in [3.8, 4) is 22.9 Å². The van der Waals surface area contributed by atoms with Gasteiger partial charge in [0.25, 0.3) is 0 Å². The van der Waals surface area contributed by atoms with Crippen molar-refractivity contribution < 1.29 is 14.2 Å². The Hall–Kier alpha value is -2.95. The zero-order chi connectivity index (χ0) is 23.0. The van der Waals surface area contributed by atoms with Gasteiger partial charge in [0, 0.05) is 42.0 Å². The molecule has 1 spiro atoms. The van der Waals surface area contributed by atoms with Crippen molar-refractivity contribution in [3.05, 3.63) is 66.0 Å². The summed E-state index contributed by atoms with van der Waals surface area (Å²) in [6.45, 7) is 4.43. The number of ether oxygens (including phenoxy) is 3. The minimum Gasteiger partial charge on any atom is -0.497 e. The van der Waals surface area contributed by atoms with E-state index >= 15 is 0 Å². The number of fused-ring (bicyclic) bond motifs is 4. The van der Waals surface area contributed by atoms with Gasteiger partial charge in [-0.2, -0.15) is 0 Å². The number of nitrogens with zero attached hydrogens (tertiary/aromatic N) is 2. The van der Waals surface area contributed by atoms with Gasteiger partial charge < -0.3 is 24.1 Å². The first-order valence-corrected chi connectivity index (χ1v) is 11.9. The lowest BCUT2D eigenvalue weighted by Crippen LogP contribution is -2.50. The molecule has 0 saturated carbocycles. The van der Waals surface area contributed by atoms with Gasteiger partial charge in [-0.25, -0.2) is 0 Å². The summed E-state index contributed by atoms with van der Waals surface area (Å²) in [5.74, 6) is 2.38. The van der Waals surface area contributed by atoms with Gasteiger partial charge in [-0.05, 0) is 62.2 Å². The molecule has 1 aromatic heterocycles. The summed E-state index contributed by atoms with van der Waals surface area (Å²) in [5.41, 5.74) is 5.64. The van der Waals surface area contributed by atoms with Crippen molar-refractivity contribution in [3.63, 3.8) is 0 Å². The molecular weight excluding hydrogens is 433 g/mol. The predicted molar refractivity (Wildman–Crippen MR) is 135 cm³/mol. The van der Waals surface area contributed by atoms with Crippen molar-refractivity contribution in [2.24, 2.45) is 0 Å². The molecule has 2 aliphatic heterocycles. The van der Waals surface area contributed by atoms with Gasteiger partial charge in [0.05, 0.1) is 37.7 Å². The van der Waals surface area contributed by atoms with Crippen LogP contribution in [0.2, 0.25) is 0 Å². The average molecular weight is 464 g/mol. The molecule has 2 aliphatic rings. The van der Waals surface area contributed by atoms with Crippen LogP contribution >= 0.6 is 8.86 Å². The molecule has 2 aromatic carbocycles. The number of likely N-dealkylation sites (tertiary alicyclic amines) is 1. The average Bonchev–Trinajstić information content (AvgIpc) is 3.36. The fourth-order valence-corrected chi connectivity index (χ4v) is 5.40. The van der Waals surface area contributed by atoms with E-state index in [0.717, 1.165) is 65.5 Å². The lowest BCUT2D eigenvalue weighted by Gasteiger charge is -2.46. The van der Waals surface area contributed by atoms with E-state index in [9.17, 15) is 0 Å². The van der Waals surface area contributed by atoms with E-state index in [-0.39, 0.29) is 5.54 Å². The van der Waals surface area contributed by atoms with Crippen LogP contribution < -0.4 is 19.5 Å². The summed E-state index contributed by atoms with van der Waals surface area (Å²) < 4.78 is 19.0. The van der Waals surface area contributed by atoms with Gasteiger partial charge in [-0.15, -0.1) is 8.86 Å². The van der Waals surface area contributed by atoms with Crippen LogP contribution in [-0.4, -0.2) is 48.8 Å². The fourth-order valence-electron chi connectivity index (χ4n) is 5.02. The molecule has 3 heterocycles. The molecule has 0 amide bonds. The molecule has 33 heavy (non-hydrogen) atoms. The Bertz CT molecular complexity index is 1180. The molecule has 3 aromatic rings. The number of hydrogen-bond donors (Lipinski definition) is 1. The molecule has 5 rings (SSSR count). The standard InChI is InChI=1S/C26H30N3O3P/c1-4-32-22-10-7-18(16-23(22)31-3)25(33)28-14-11-26(12-15-28)24-6-5-13-29(24)21-9-8-19(30-2)17-20(21)27-26/h5-10,13,16-17,27,33H,4,11-12,14-15H2,1-3H3. The van der Waals surface area contributed by atoms with E-state index in [1.165, 1.54) is 5.69 Å². The second kappa shape index (κ2) is 8.77. The molecule has 1 N–H and O–H groups in total. The van der Waals surface area contributed by atoms with Crippen LogP contribution in [0.1, 0.15) is 31.0 Å². The molecular formula is C26H30N3O3P. The first-order chi connectivity index (χ1) is 16.1. The third-order valence-electron chi connectivity index (χ3n) is 6.75. The van der Waals surface area contributed by atoms with Crippen LogP contribution in [0.5, 0.6) is 17.2 Å². The molecule has 172 valence electrons. The number of aromatic nitrogens is 1. The number of nitrogens with one attached hydrogen (secondary N) is 1. The topological polar surface area (TPSA) is 47.9 Å². The Morgan fingerprint density at radius 3 is 2.58 bits per heavy atom. The summed E-state index contributed by atoms with van der Waals surface area (Å²) in [7, 11) is 7.31. The Morgan fingerprint density at radius 2 is 1.85 bits per heavy atom. The lowest BCUT2D eigenvalue weighted by atomic mass is 9.82. The normalized spacial score (nSPS) is 16.5. The van der Waals surface area contributed by atoms with Crippen LogP contribution in [0, 0.1) is 0 Å². The molecule has 6 nitrogen and oxygen atoms in total. The van der Waals surface area contributed by atoms with E-state index in [1.807, 2.05) is 25.1 Å². The van der Waals surface area contributed by atoms with E-state index in [4.69, 9.17) is 14.2 Å². The monoisotopic (exact) mass is 463 g/mol. The molecule has 7 heteroatoms. The number of methoxy groups -OCH3 is 2. The van der Waals surface area contributed by atoms with Crippen LogP contribution in [0.4, 0.5) is 5.69 Å². The second-order valence-corrected chi connectivity index (χ2v) is 8.96. The van der Waals surface area contributed by atoms with Crippen LogP contribution in [0.3, 0.4) is 0 Å². The molecule has 1 fully saturated rings. The maximum absolute atomic E-state index is 5.67. The number of hydrogen-bond acceptors (Lipinski definition) is 4. The van der Waals surface area contributed by atoms with Crippen LogP contribution in [0.15, 0.2) is 54.7 Å². The Labute approximate surface area is 197 Å². The number of anilines is 1. The van der Waals surface area contributed by atoms with Gasteiger partial charge in [-0.3, -0.25) is 4.90 Å². The van der Waals surface area contributed by atoms with Gasteiger partial charge in [-0.1, -0.05) is 0 Å². The van der Waals surface area contributed by atoms with E-state index in [0.29, 0.717) is 6.61 Å². The molecule has 0 atom stereocenters. The maximum Gasteiger partial charge on any atom is 0.161 e. The zero-order valence-electron chi connectivity index (χ0n) is 19.4. The summed E-state index contributed by atoms with van der Waals surface area (Å²) in [4.78, 5) is 2.40. The molecule has 0 radical (unpaired) electrons. The fraction of sp³-hybridized carbons (Fsp3) is 0.346. The number of piperidine rings is 1. The van der Waals surface area contributed by atoms with Crippen LogP contribution in [0.25, 0.3) is 5.69 Å². The largest absolute Gasteiger partial charge is 0.497 e. The Balaban J connectivity index is 1.37. The van der Waals surface area contributed by atoms with Crippen molar-refractivity contribution in [1.29, 1.82) is 0 Å². The SMILES string of the molecule is CCOc1ccc(C(=P)N2CCC3(CC2)Nc2cc(OC)ccc2-n2cccc23)cc1OC. The van der Waals surface area contributed by atoms with E-state index in [1.54, 1.807) is 14.2 Å². The summed E-state index contributed by atoms with van der Waals surface area (Å²) in [6.07, 6.45) is 4.12. The van der Waals surface area contributed by atoms with Gasteiger partial charge in [0.15, 0.2) is 11.5 Å². The summed E-state index contributed by atoms with van der Waals surface area (Å²) in [5, 5.41) is 3.88. The zero-order valence-corrected chi connectivity index (χ0v) is 20.4. The van der Waals surface area contributed by atoms with Crippen LogP contribution in [-0.2, 0) is 5.54 Å². The third kappa shape index (κ3) is 3.77. The highest BCUT2D eigenvalue weighted by atomic mass is 31.0. The minimum absolute atomic E-state index is 0.109. The predicted octanol–water partition coefficient (Wildman–Crippen LogP) is 4.93. The van der Waals surface area contributed by atoms with Gasteiger partial charge in [0.2, 0.25) is 0 Å². The highest BCUT2D eigenvalue weighted by Crippen LogP contribution is 2.44. The Kier molecular flexibility index (Phi) is 5.81. The molecule has 1 saturated heterocycles. The molecule has 0 bridgehead atoms. The lowest BCUT2D eigenvalue weighted by molar-refractivity contribution is 0.242. The highest BCUT2D eigenvalue weighted by molar-refractivity contribution is 7.21. The smallest absolute Gasteiger partial charge is 0.161 e. The molecule has 0 unspecified atom stereocenters. The first-order valence-electron chi connectivity index (χ1n) is 11.4. The maximum atomic E-state index is 5.67. The first kappa shape index (κ1) is 21.9. The third-order valence-corrected chi connectivity index (χ3v) is 7.35.